The van der Waals surface area contributed by atoms with Crippen LogP contribution in [0.1, 0.15) is 18.7 Å². The Morgan fingerprint density at radius 1 is 1.25 bits per heavy atom. The van der Waals surface area contributed by atoms with Gasteiger partial charge in [-0.2, -0.15) is 9.97 Å². The lowest BCUT2D eigenvalue weighted by molar-refractivity contribution is -0.384. The van der Waals surface area contributed by atoms with E-state index in [2.05, 4.69) is 20.3 Å². The summed E-state index contributed by atoms with van der Waals surface area (Å²) in [6.45, 7) is 2.04. The van der Waals surface area contributed by atoms with Gasteiger partial charge in [0.05, 0.1) is 17.9 Å². The molecule has 170 valence electrons. The van der Waals surface area contributed by atoms with Gasteiger partial charge in [0.2, 0.25) is 0 Å². The Balaban J connectivity index is 1.63. The normalized spacial score (nSPS) is 22.9. The first-order valence-electron chi connectivity index (χ1n) is 9.90. The van der Waals surface area contributed by atoms with E-state index in [1.54, 1.807) is 12.1 Å². The number of nitrogens with one attached hydrogen (secondary N) is 1. The van der Waals surface area contributed by atoms with E-state index in [9.17, 15) is 25.4 Å². The molecule has 0 radical (unpaired) electrons. The molecule has 3 aromatic rings. The van der Waals surface area contributed by atoms with Crippen LogP contribution in [0.5, 0.6) is 6.01 Å². The zero-order valence-corrected chi connectivity index (χ0v) is 17.0. The lowest BCUT2D eigenvalue weighted by Gasteiger charge is -2.17. The van der Waals surface area contributed by atoms with Gasteiger partial charge in [0.1, 0.15) is 24.9 Å². The number of non-ortho nitro benzene ring substituents is 1. The molecule has 13 heteroatoms. The summed E-state index contributed by atoms with van der Waals surface area (Å²) in [7, 11) is 0. The number of aromatic nitrogens is 4. The molecule has 1 saturated heterocycles. The van der Waals surface area contributed by atoms with Gasteiger partial charge in [-0.05, 0) is 24.6 Å². The van der Waals surface area contributed by atoms with Crippen LogP contribution in [-0.4, -0.2) is 71.2 Å². The first kappa shape index (κ1) is 21.8. The number of anilines is 1. The molecule has 1 aromatic carbocycles. The molecule has 0 bridgehead atoms. The number of rotatable bonds is 8. The van der Waals surface area contributed by atoms with Gasteiger partial charge < -0.3 is 30.1 Å². The monoisotopic (exact) mass is 446 g/mol. The molecular formula is C19H22N6O7. The number of nitrogens with zero attached hydrogens (tertiary/aromatic N) is 5. The summed E-state index contributed by atoms with van der Waals surface area (Å²) in [4.78, 5) is 23.3. The van der Waals surface area contributed by atoms with Crippen LogP contribution in [0.3, 0.4) is 0 Å². The maximum absolute atomic E-state index is 10.8. The SMILES string of the molecule is CCNc1nc(OCc2ccc([N+](=O)[O-])cc2)nc2c1ncn2[C@@H]1O[C@H](CO)[C@@H](O)[C@H]1O. The lowest BCUT2D eigenvalue weighted by atomic mass is 10.1. The van der Waals surface area contributed by atoms with Crippen LogP contribution in [-0.2, 0) is 11.3 Å². The quantitative estimate of drug-likeness (QED) is 0.277. The summed E-state index contributed by atoms with van der Waals surface area (Å²) < 4.78 is 12.7. The van der Waals surface area contributed by atoms with E-state index in [0.717, 1.165) is 0 Å². The van der Waals surface area contributed by atoms with E-state index < -0.39 is 36.1 Å². The van der Waals surface area contributed by atoms with E-state index in [-0.39, 0.29) is 18.3 Å². The Kier molecular flexibility index (Phi) is 6.14. The summed E-state index contributed by atoms with van der Waals surface area (Å²) in [5.74, 6) is 0.404. The highest BCUT2D eigenvalue weighted by Gasteiger charge is 2.44. The fraction of sp³-hybridized carbons (Fsp3) is 0.421. The fourth-order valence-electron chi connectivity index (χ4n) is 3.41. The Morgan fingerprint density at radius 3 is 2.62 bits per heavy atom. The number of fused-ring (bicyclic) bond motifs is 1. The molecule has 1 aliphatic heterocycles. The molecule has 1 fully saturated rings. The van der Waals surface area contributed by atoms with Crippen molar-refractivity contribution in [3.05, 3.63) is 46.3 Å². The predicted octanol–water partition coefficient (Wildman–Crippen LogP) is 0.357. The number of benzene rings is 1. The van der Waals surface area contributed by atoms with Gasteiger partial charge in [0, 0.05) is 18.7 Å². The summed E-state index contributed by atoms with van der Waals surface area (Å²) in [6, 6.07) is 5.92. The Bertz CT molecular complexity index is 1110. The minimum atomic E-state index is -1.30. The zero-order chi connectivity index (χ0) is 22.8. The molecule has 4 rings (SSSR count). The van der Waals surface area contributed by atoms with E-state index in [0.29, 0.717) is 29.1 Å². The number of imidazole rings is 1. The third kappa shape index (κ3) is 4.05. The van der Waals surface area contributed by atoms with Crippen LogP contribution in [0, 0.1) is 10.1 Å². The molecule has 4 atom stereocenters. The molecule has 4 N–H and O–H groups in total. The van der Waals surface area contributed by atoms with Crippen LogP contribution in [0.4, 0.5) is 11.5 Å². The van der Waals surface area contributed by atoms with E-state index in [1.165, 1.54) is 23.0 Å². The first-order chi connectivity index (χ1) is 15.4. The number of hydrogen-bond acceptors (Lipinski definition) is 11. The third-order valence-corrected chi connectivity index (χ3v) is 5.05. The molecule has 0 amide bonds. The van der Waals surface area contributed by atoms with Crippen LogP contribution in [0.25, 0.3) is 11.2 Å². The largest absolute Gasteiger partial charge is 0.458 e. The number of nitro benzene ring substituents is 1. The number of aliphatic hydroxyl groups is 3. The fourth-order valence-corrected chi connectivity index (χ4v) is 3.41. The third-order valence-electron chi connectivity index (χ3n) is 5.05. The van der Waals surface area contributed by atoms with Gasteiger partial charge >= 0.3 is 6.01 Å². The highest BCUT2D eigenvalue weighted by molar-refractivity contribution is 5.83. The standard InChI is InChI=1S/C19H22N6O7/c1-2-20-16-13-17(24(9-21-13)18-15(28)14(27)12(7-26)32-18)23-19(22-16)31-8-10-3-5-11(6-4-10)25(29)30/h3-6,9,12,14-15,18,26-28H,2,7-8H2,1H3,(H,20,22,23)/t12-,14-,15-,18-/m1/s1. The van der Waals surface area contributed by atoms with Crippen molar-refractivity contribution in [2.45, 2.75) is 38.1 Å². The number of hydrogen-bond donors (Lipinski definition) is 4. The molecule has 0 aliphatic carbocycles. The minimum Gasteiger partial charge on any atom is -0.458 e. The Hall–Kier alpha value is -3.39. The molecular weight excluding hydrogens is 424 g/mol. The van der Waals surface area contributed by atoms with Crippen molar-refractivity contribution in [1.82, 2.24) is 19.5 Å². The topological polar surface area (TPSA) is 178 Å². The highest BCUT2D eigenvalue weighted by Crippen LogP contribution is 2.33. The van der Waals surface area contributed by atoms with Crippen molar-refractivity contribution in [3.8, 4) is 6.01 Å². The number of ether oxygens (including phenoxy) is 2. The highest BCUT2D eigenvalue weighted by atomic mass is 16.6. The lowest BCUT2D eigenvalue weighted by Crippen LogP contribution is -2.33. The van der Waals surface area contributed by atoms with Gasteiger partial charge in [-0.1, -0.05) is 0 Å². The average Bonchev–Trinajstić information content (AvgIpc) is 3.33. The van der Waals surface area contributed by atoms with E-state index in [4.69, 9.17) is 9.47 Å². The molecule has 0 spiro atoms. The Morgan fingerprint density at radius 2 is 2.00 bits per heavy atom. The average molecular weight is 446 g/mol. The summed E-state index contributed by atoms with van der Waals surface area (Å²) >= 11 is 0. The predicted molar refractivity (Wildman–Crippen MR) is 110 cm³/mol. The van der Waals surface area contributed by atoms with Crippen molar-refractivity contribution in [3.63, 3.8) is 0 Å². The van der Waals surface area contributed by atoms with Crippen molar-refractivity contribution < 1.29 is 29.7 Å². The maximum Gasteiger partial charge on any atom is 0.320 e. The molecule has 0 unspecified atom stereocenters. The van der Waals surface area contributed by atoms with Crippen LogP contribution >= 0.6 is 0 Å². The van der Waals surface area contributed by atoms with Gasteiger partial charge in [-0.25, -0.2) is 4.98 Å². The van der Waals surface area contributed by atoms with Crippen molar-refractivity contribution in [1.29, 1.82) is 0 Å². The summed E-state index contributed by atoms with van der Waals surface area (Å²) in [5.41, 5.74) is 1.36. The number of nitro groups is 1. The van der Waals surface area contributed by atoms with E-state index >= 15 is 0 Å². The summed E-state index contributed by atoms with van der Waals surface area (Å²) in [6.07, 6.45) is -3.12. The molecule has 3 heterocycles. The molecule has 2 aromatic heterocycles. The zero-order valence-electron chi connectivity index (χ0n) is 17.0. The summed E-state index contributed by atoms with van der Waals surface area (Å²) in [5, 5.41) is 43.7. The minimum absolute atomic E-state index is 0.0142. The van der Waals surface area contributed by atoms with Crippen LogP contribution < -0.4 is 10.1 Å². The van der Waals surface area contributed by atoms with Crippen LogP contribution in [0.2, 0.25) is 0 Å². The van der Waals surface area contributed by atoms with Crippen LogP contribution in [0.15, 0.2) is 30.6 Å². The molecule has 0 saturated carbocycles. The maximum atomic E-state index is 10.8. The first-order valence-corrected chi connectivity index (χ1v) is 9.90. The molecule has 1 aliphatic rings. The molecule has 32 heavy (non-hydrogen) atoms. The Labute approximate surface area is 181 Å². The van der Waals surface area contributed by atoms with Crippen molar-refractivity contribution in [2.24, 2.45) is 0 Å². The van der Waals surface area contributed by atoms with Gasteiger partial charge in [0.15, 0.2) is 23.2 Å². The van der Waals surface area contributed by atoms with Gasteiger partial charge in [0.25, 0.3) is 5.69 Å². The second kappa shape index (κ2) is 9.00. The number of aliphatic hydroxyl groups excluding tert-OH is 3. The van der Waals surface area contributed by atoms with Crippen molar-refractivity contribution in [2.75, 3.05) is 18.5 Å². The van der Waals surface area contributed by atoms with Crippen molar-refractivity contribution >= 4 is 22.7 Å². The van der Waals surface area contributed by atoms with E-state index in [1.807, 2.05) is 6.92 Å². The second-order valence-electron chi connectivity index (χ2n) is 7.15. The van der Waals surface area contributed by atoms with Gasteiger partial charge in [-0.15, -0.1) is 0 Å². The molecule has 13 nitrogen and oxygen atoms in total. The van der Waals surface area contributed by atoms with Gasteiger partial charge in [-0.3, -0.25) is 14.7 Å². The smallest absolute Gasteiger partial charge is 0.320 e. The second-order valence-corrected chi connectivity index (χ2v) is 7.15.